The fourth-order valence-electron chi connectivity index (χ4n) is 4.39. The minimum atomic E-state index is 0.234. The first kappa shape index (κ1) is 21.9. The Bertz CT molecular complexity index is 1210. The topological polar surface area (TPSA) is 57.3 Å². The van der Waals surface area contributed by atoms with E-state index in [0.29, 0.717) is 0 Å². The lowest BCUT2D eigenvalue weighted by Crippen LogP contribution is -2.38. The Balaban J connectivity index is 1.36. The van der Waals surface area contributed by atoms with Gasteiger partial charge in [-0.2, -0.15) is 0 Å². The SMILES string of the molecule is CN(C)Cc1ccc(-c2nc3ncc(Br)c(N4CCC(Oc5ccccc5)CC4)c3[nH]2)cc1. The summed E-state index contributed by atoms with van der Waals surface area (Å²) >= 11 is 3.73. The van der Waals surface area contributed by atoms with Crippen molar-refractivity contribution in [3.8, 4) is 17.1 Å². The lowest BCUT2D eigenvalue weighted by atomic mass is 10.1. The fraction of sp³-hybridized carbons (Fsp3) is 0.308. The van der Waals surface area contributed by atoms with Crippen molar-refractivity contribution in [1.29, 1.82) is 0 Å². The zero-order valence-electron chi connectivity index (χ0n) is 19.0. The molecule has 0 spiro atoms. The molecule has 170 valence electrons. The summed E-state index contributed by atoms with van der Waals surface area (Å²) in [7, 11) is 4.16. The van der Waals surface area contributed by atoms with Gasteiger partial charge in [-0.25, -0.2) is 9.97 Å². The van der Waals surface area contributed by atoms with Crippen LogP contribution in [0.25, 0.3) is 22.6 Å². The molecule has 0 amide bonds. The predicted molar refractivity (Wildman–Crippen MR) is 137 cm³/mol. The molecule has 2 aromatic carbocycles. The number of hydrogen-bond acceptors (Lipinski definition) is 5. The van der Waals surface area contributed by atoms with E-state index in [0.717, 1.165) is 70.9 Å². The molecule has 1 N–H and O–H groups in total. The van der Waals surface area contributed by atoms with Gasteiger partial charge in [-0.05, 0) is 47.7 Å². The Morgan fingerprint density at radius 3 is 2.48 bits per heavy atom. The van der Waals surface area contributed by atoms with Gasteiger partial charge in [0, 0.05) is 44.2 Å². The third kappa shape index (κ3) is 4.89. The molecule has 2 aromatic heterocycles. The van der Waals surface area contributed by atoms with E-state index in [1.807, 2.05) is 36.5 Å². The number of nitrogens with one attached hydrogen (secondary N) is 1. The lowest BCUT2D eigenvalue weighted by molar-refractivity contribution is 0.171. The molecule has 7 heteroatoms. The number of ether oxygens (including phenoxy) is 1. The molecule has 1 aliphatic heterocycles. The summed E-state index contributed by atoms with van der Waals surface area (Å²) in [5.74, 6) is 1.79. The van der Waals surface area contributed by atoms with Gasteiger partial charge in [-0.1, -0.05) is 42.5 Å². The van der Waals surface area contributed by atoms with Crippen LogP contribution in [0, 0.1) is 0 Å². The molecule has 6 nitrogen and oxygen atoms in total. The highest BCUT2D eigenvalue weighted by Gasteiger charge is 2.25. The second-order valence-electron chi connectivity index (χ2n) is 8.79. The van der Waals surface area contributed by atoms with E-state index in [-0.39, 0.29) is 6.10 Å². The van der Waals surface area contributed by atoms with Crippen molar-refractivity contribution in [1.82, 2.24) is 19.9 Å². The number of fused-ring (bicyclic) bond motifs is 1. The number of anilines is 1. The van der Waals surface area contributed by atoms with Gasteiger partial charge < -0.3 is 19.5 Å². The van der Waals surface area contributed by atoms with Crippen LogP contribution >= 0.6 is 15.9 Å². The van der Waals surface area contributed by atoms with Crippen LogP contribution in [0.4, 0.5) is 5.69 Å². The molecule has 1 saturated heterocycles. The van der Waals surface area contributed by atoms with Crippen LogP contribution in [0.5, 0.6) is 5.75 Å². The summed E-state index contributed by atoms with van der Waals surface area (Å²) in [6.45, 7) is 2.76. The minimum absolute atomic E-state index is 0.234. The number of piperidine rings is 1. The van der Waals surface area contributed by atoms with Crippen molar-refractivity contribution in [3.05, 3.63) is 70.8 Å². The Kier molecular flexibility index (Phi) is 6.33. The first-order chi connectivity index (χ1) is 16.1. The fourth-order valence-corrected chi connectivity index (χ4v) is 4.94. The second-order valence-corrected chi connectivity index (χ2v) is 9.65. The van der Waals surface area contributed by atoms with E-state index in [2.05, 4.69) is 74.1 Å². The van der Waals surface area contributed by atoms with Crippen LogP contribution in [-0.4, -0.2) is 53.1 Å². The summed E-state index contributed by atoms with van der Waals surface area (Å²) in [5.41, 5.74) is 5.18. The highest BCUT2D eigenvalue weighted by Crippen LogP contribution is 2.35. The number of nitrogens with zero attached hydrogens (tertiary/aromatic N) is 4. The smallest absolute Gasteiger partial charge is 0.180 e. The van der Waals surface area contributed by atoms with E-state index >= 15 is 0 Å². The van der Waals surface area contributed by atoms with Gasteiger partial charge in [-0.15, -0.1) is 0 Å². The zero-order chi connectivity index (χ0) is 22.8. The molecule has 0 bridgehead atoms. The number of H-pyrrole nitrogens is 1. The van der Waals surface area contributed by atoms with E-state index in [4.69, 9.17) is 9.72 Å². The van der Waals surface area contributed by atoms with Crippen molar-refractivity contribution < 1.29 is 4.74 Å². The van der Waals surface area contributed by atoms with Gasteiger partial charge in [0.2, 0.25) is 0 Å². The van der Waals surface area contributed by atoms with Crippen LogP contribution in [0.3, 0.4) is 0 Å². The highest BCUT2D eigenvalue weighted by molar-refractivity contribution is 9.10. The monoisotopic (exact) mass is 505 g/mol. The largest absolute Gasteiger partial charge is 0.490 e. The molecule has 1 aliphatic rings. The second kappa shape index (κ2) is 9.53. The summed E-state index contributed by atoms with van der Waals surface area (Å²) in [5, 5.41) is 0. The molecular weight excluding hydrogens is 478 g/mol. The average Bonchev–Trinajstić information content (AvgIpc) is 3.25. The van der Waals surface area contributed by atoms with Gasteiger partial charge in [0.1, 0.15) is 23.2 Å². The maximum atomic E-state index is 6.18. The third-order valence-electron chi connectivity index (χ3n) is 5.98. The summed E-state index contributed by atoms with van der Waals surface area (Å²) in [6, 6.07) is 18.6. The highest BCUT2D eigenvalue weighted by atomic mass is 79.9. The molecule has 33 heavy (non-hydrogen) atoms. The van der Waals surface area contributed by atoms with Crippen LogP contribution in [-0.2, 0) is 6.54 Å². The molecular formula is C26H28BrN5O. The van der Waals surface area contributed by atoms with Crippen LogP contribution < -0.4 is 9.64 Å². The number of hydrogen-bond donors (Lipinski definition) is 1. The molecule has 0 unspecified atom stereocenters. The van der Waals surface area contributed by atoms with Gasteiger partial charge in [-0.3, -0.25) is 0 Å². The molecule has 4 aromatic rings. The van der Waals surface area contributed by atoms with Crippen LogP contribution in [0.2, 0.25) is 0 Å². The molecule has 1 fully saturated rings. The predicted octanol–water partition coefficient (Wildman–Crippen LogP) is 5.50. The molecule has 0 saturated carbocycles. The van der Waals surface area contributed by atoms with Crippen molar-refractivity contribution in [2.24, 2.45) is 0 Å². The van der Waals surface area contributed by atoms with Gasteiger partial charge in [0.15, 0.2) is 5.65 Å². The van der Waals surface area contributed by atoms with E-state index in [9.17, 15) is 0 Å². The summed E-state index contributed by atoms with van der Waals surface area (Å²) in [6.07, 6.45) is 4.03. The number of pyridine rings is 1. The average molecular weight is 506 g/mol. The first-order valence-corrected chi connectivity index (χ1v) is 12.1. The van der Waals surface area contributed by atoms with Crippen molar-refractivity contribution >= 4 is 32.8 Å². The van der Waals surface area contributed by atoms with Crippen LogP contribution in [0.15, 0.2) is 65.3 Å². The Hall–Kier alpha value is -2.90. The van der Waals surface area contributed by atoms with E-state index in [1.54, 1.807) is 0 Å². The van der Waals surface area contributed by atoms with Crippen molar-refractivity contribution in [3.63, 3.8) is 0 Å². The standard InChI is InChI=1S/C26H28BrN5O/c1-31(2)17-18-8-10-19(11-9-18)25-29-23-24(22(27)16-28-26(23)30-25)32-14-12-21(13-15-32)33-20-6-4-3-5-7-20/h3-11,16,21H,12-15,17H2,1-2H3,(H,28,29,30). The zero-order valence-corrected chi connectivity index (χ0v) is 20.5. The minimum Gasteiger partial charge on any atom is -0.490 e. The number of benzene rings is 2. The quantitative estimate of drug-likeness (QED) is 0.375. The maximum Gasteiger partial charge on any atom is 0.180 e. The molecule has 3 heterocycles. The Morgan fingerprint density at radius 2 is 1.79 bits per heavy atom. The number of aromatic amines is 1. The Labute approximate surface area is 202 Å². The summed E-state index contributed by atoms with van der Waals surface area (Å²) < 4.78 is 7.16. The van der Waals surface area contributed by atoms with E-state index < -0.39 is 0 Å². The number of rotatable bonds is 6. The van der Waals surface area contributed by atoms with Crippen LogP contribution in [0.1, 0.15) is 18.4 Å². The molecule has 0 atom stereocenters. The number of aromatic nitrogens is 3. The number of imidazole rings is 1. The van der Waals surface area contributed by atoms with Gasteiger partial charge in [0.05, 0.1) is 10.2 Å². The maximum absolute atomic E-state index is 6.18. The van der Waals surface area contributed by atoms with Crippen molar-refractivity contribution in [2.75, 3.05) is 32.1 Å². The lowest BCUT2D eigenvalue weighted by Gasteiger charge is -2.34. The summed E-state index contributed by atoms with van der Waals surface area (Å²) in [4.78, 5) is 17.5. The molecule has 0 radical (unpaired) electrons. The number of para-hydroxylation sites is 1. The van der Waals surface area contributed by atoms with Crippen molar-refractivity contribution in [2.45, 2.75) is 25.5 Å². The molecule has 0 aliphatic carbocycles. The van der Waals surface area contributed by atoms with Gasteiger partial charge in [0.25, 0.3) is 0 Å². The molecule has 5 rings (SSSR count). The van der Waals surface area contributed by atoms with E-state index in [1.165, 1.54) is 5.56 Å². The normalized spacial score (nSPS) is 14.8. The number of halogens is 1. The Morgan fingerprint density at radius 1 is 1.06 bits per heavy atom. The van der Waals surface area contributed by atoms with Gasteiger partial charge >= 0.3 is 0 Å². The third-order valence-corrected chi connectivity index (χ3v) is 6.56. The first-order valence-electron chi connectivity index (χ1n) is 11.3.